The Morgan fingerprint density at radius 2 is 1.78 bits per heavy atom. The molecule has 0 fully saturated rings. The van der Waals surface area contributed by atoms with E-state index in [4.69, 9.17) is 0 Å². The minimum atomic E-state index is 0.430. The van der Waals surface area contributed by atoms with Gasteiger partial charge in [-0.05, 0) is 50.6 Å². The normalized spacial score (nSPS) is 13.0. The fraction of sp³-hybridized carbons (Fsp3) is 0.625. The van der Waals surface area contributed by atoms with E-state index in [9.17, 15) is 0 Å². The molecule has 2 nitrogen and oxygen atoms in total. The fourth-order valence-corrected chi connectivity index (χ4v) is 2.13. The number of benzene rings is 1. The molecule has 1 atom stereocenters. The standard InChI is InChI=1S/C16H28N2/c1-6-18(7-2)11-10-17-15(5)16-9-8-13(3)14(4)12-16/h8-9,12,15,17H,6-7,10-11H2,1-5H3. The molecule has 0 spiro atoms. The summed E-state index contributed by atoms with van der Waals surface area (Å²) in [6.07, 6.45) is 0. The summed E-state index contributed by atoms with van der Waals surface area (Å²) < 4.78 is 0. The van der Waals surface area contributed by atoms with E-state index in [2.05, 4.69) is 63.0 Å². The Labute approximate surface area is 112 Å². The second-order valence-corrected chi connectivity index (χ2v) is 5.05. The van der Waals surface area contributed by atoms with E-state index < -0.39 is 0 Å². The largest absolute Gasteiger partial charge is 0.309 e. The first kappa shape index (κ1) is 15.2. The highest BCUT2D eigenvalue weighted by Gasteiger charge is 2.06. The minimum absolute atomic E-state index is 0.430. The van der Waals surface area contributed by atoms with Crippen molar-refractivity contribution >= 4 is 0 Å². The Kier molecular flexibility index (Phi) is 6.37. The van der Waals surface area contributed by atoms with Gasteiger partial charge in [-0.15, -0.1) is 0 Å². The third-order valence-corrected chi connectivity index (χ3v) is 3.80. The number of rotatable bonds is 7. The zero-order valence-electron chi connectivity index (χ0n) is 12.6. The maximum absolute atomic E-state index is 3.60. The van der Waals surface area contributed by atoms with Crippen LogP contribution in [0.15, 0.2) is 18.2 Å². The van der Waals surface area contributed by atoms with E-state index in [1.165, 1.54) is 16.7 Å². The first-order valence-corrected chi connectivity index (χ1v) is 7.11. The van der Waals surface area contributed by atoms with Crippen molar-refractivity contribution in [2.24, 2.45) is 0 Å². The molecular formula is C16H28N2. The molecule has 0 aliphatic rings. The molecule has 0 saturated carbocycles. The number of likely N-dealkylation sites (N-methyl/N-ethyl adjacent to an activating group) is 1. The van der Waals surface area contributed by atoms with E-state index in [1.807, 2.05) is 0 Å². The van der Waals surface area contributed by atoms with Crippen LogP contribution in [-0.2, 0) is 0 Å². The van der Waals surface area contributed by atoms with Crippen LogP contribution in [-0.4, -0.2) is 31.1 Å². The van der Waals surface area contributed by atoms with Crippen molar-refractivity contribution in [3.8, 4) is 0 Å². The zero-order valence-corrected chi connectivity index (χ0v) is 12.6. The lowest BCUT2D eigenvalue weighted by molar-refractivity contribution is 0.298. The molecule has 0 amide bonds. The fourth-order valence-electron chi connectivity index (χ4n) is 2.13. The zero-order chi connectivity index (χ0) is 13.5. The van der Waals surface area contributed by atoms with Crippen LogP contribution in [0.1, 0.15) is 43.5 Å². The highest BCUT2D eigenvalue weighted by atomic mass is 15.1. The predicted molar refractivity (Wildman–Crippen MR) is 80.1 cm³/mol. The Hall–Kier alpha value is -0.860. The van der Waals surface area contributed by atoms with Gasteiger partial charge < -0.3 is 10.2 Å². The number of hydrogen-bond donors (Lipinski definition) is 1. The third-order valence-electron chi connectivity index (χ3n) is 3.80. The van der Waals surface area contributed by atoms with Gasteiger partial charge in [0.15, 0.2) is 0 Å². The number of nitrogens with zero attached hydrogens (tertiary/aromatic N) is 1. The van der Waals surface area contributed by atoms with Gasteiger partial charge in [0.2, 0.25) is 0 Å². The Morgan fingerprint density at radius 1 is 1.11 bits per heavy atom. The van der Waals surface area contributed by atoms with E-state index in [1.54, 1.807) is 0 Å². The molecule has 0 aliphatic heterocycles. The summed E-state index contributed by atoms with van der Waals surface area (Å²) in [5, 5.41) is 3.60. The molecule has 0 bridgehead atoms. The lowest BCUT2D eigenvalue weighted by Gasteiger charge is -2.21. The van der Waals surface area contributed by atoms with Crippen LogP contribution in [0, 0.1) is 13.8 Å². The maximum Gasteiger partial charge on any atom is 0.0292 e. The van der Waals surface area contributed by atoms with Crippen molar-refractivity contribution in [2.75, 3.05) is 26.2 Å². The van der Waals surface area contributed by atoms with Gasteiger partial charge in [-0.25, -0.2) is 0 Å². The van der Waals surface area contributed by atoms with Crippen LogP contribution in [0.4, 0.5) is 0 Å². The monoisotopic (exact) mass is 248 g/mol. The predicted octanol–water partition coefficient (Wildman–Crippen LogP) is 3.30. The van der Waals surface area contributed by atoms with E-state index in [-0.39, 0.29) is 0 Å². The van der Waals surface area contributed by atoms with Crippen LogP contribution in [0.5, 0.6) is 0 Å². The van der Waals surface area contributed by atoms with Crippen molar-refractivity contribution in [2.45, 2.75) is 40.7 Å². The van der Waals surface area contributed by atoms with Crippen molar-refractivity contribution in [1.29, 1.82) is 0 Å². The van der Waals surface area contributed by atoms with Crippen molar-refractivity contribution in [3.63, 3.8) is 0 Å². The van der Waals surface area contributed by atoms with Gasteiger partial charge >= 0.3 is 0 Å². The average molecular weight is 248 g/mol. The molecule has 0 aliphatic carbocycles. The smallest absolute Gasteiger partial charge is 0.0292 e. The summed E-state index contributed by atoms with van der Waals surface area (Å²) >= 11 is 0. The van der Waals surface area contributed by atoms with Crippen LogP contribution in [0.2, 0.25) is 0 Å². The van der Waals surface area contributed by atoms with Crippen molar-refractivity contribution in [3.05, 3.63) is 34.9 Å². The molecule has 0 saturated heterocycles. The summed E-state index contributed by atoms with van der Waals surface area (Å²) in [6, 6.07) is 7.18. The molecule has 102 valence electrons. The molecule has 1 unspecified atom stereocenters. The quantitative estimate of drug-likeness (QED) is 0.796. The van der Waals surface area contributed by atoms with Gasteiger partial charge in [0.05, 0.1) is 0 Å². The maximum atomic E-state index is 3.60. The van der Waals surface area contributed by atoms with E-state index >= 15 is 0 Å². The second-order valence-electron chi connectivity index (χ2n) is 5.05. The third kappa shape index (κ3) is 4.43. The second kappa shape index (κ2) is 7.55. The van der Waals surface area contributed by atoms with Crippen molar-refractivity contribution < 1.29 is 0 Å². The van der Waals surface area contributed by atoms with Gasteiger partial charge in [0, 0.05) is 19.1 Å². The number of nitrogens with one attached hydrogen (secondary N) is 1. The first-order chi connectivity index (χ1) is 8.58. The molecular weight excluding hydrogens is 220 g/mol. The van der Waals surface area contributed by atoms with Gasteiger partial charge in [-0.1, -0.05) is 32.0 Å². The van der Waals surface area contributed by atoms with Gasteiger partial charge in [0.1, 0.15) is 0 Å². The molecule has 1 rings (SSSR count). The summed E-state index contributed by atoms with van der Waals surface area (Å²) in [4.78, 5) is 2.44. The summed E-state index contributed by atoms with van der Waals surface area (Å²) in [7, 11) is 0. The number of aryl methyl sites for hydroxylation is 2. The average Bonchev–Trinajstić information content (AvgIpc) is 2.37. The summed E-state index contributed by atoms with van der Waals surface area (Å²) in [5.41, 5.74) is 4.14. The topological polar surface area (TPSA) is 15.3 Å². The molecule has 0 heterocycles. The first-order valence-electron chi connectivity index (χ1n) is 7.11. The number of hydrogen-bond acceptors (Lipinski definition) is 2. The van der Waals surface area contributed by atoms with Crippen LogP contribution < -0.4 is 5.32 Å². The Morgan fingerprint density at radius 3 is 2.33 bits per heavy atom. The molecule has 0 aromatic heterocycles. The Bertz CT molecular complexity index is 356. The molecule has 1 aromatic carbocycles. The van der Waals surface area contributed by atoms with Crippen LogP contribution >= 0.6 is 0 Å². The van der Waals surface area contributed by atoms with Crippen molar-refractivity contribution in [1.82, 2.24) is 10.2 Å². The molecule has 1 N–H and O–H groups in total. The molecule has 1 aromatic rings. The highest BCUT2D eigenvalue weighted by molar-refractivity contribution is 5.31. The summed E-state index contributed by atoms with van der Waals surface area (Å²) in [6.45, 7) is 15.5. The van der Waals surface area contributed by atoms with Gasteiger partial charge in [0.25, 0.3) is 0 Å². The highest BCUT2D eigenvalue weighted by Crippen LogP contribution is 2.16. The lowest BCUT2D eigenvalue weighted by atomic mass is 10.0. The van der Waals surface area contributed by atoms with Gasteiger partial charge in [-0.3, -0.25) is 0 Å². The molecule has 18 heavy (non-hydrogen) atoms. The van der Waals surface area contributed by atoms with Gasteiger partial charge in [-0.2, -0.15) is 0 Å². The van der Waals surface area contributed by atoms with Crippen LogP contribution in [0.3, 0.4) is 0 Å². The van der Waals surface area contributed by atoms with E-state index in [0.717, 1.165) is 26.2 Å². The minimum Gasteiger partial charge on any atom is -0.309 e. The SMILES string of the molecule is CCN(CC)CCNC(C)c1ccc(C)c(C)c1. The lowest BCUT2D eigenvalue weighted by Crippen LogP contribution is -2.33. The van der Waals surface area contributed by atoms with E-state index in [0.29, 0.717) is 6.04 Å². The molecule has 0 radical (unpaired) electrons. The Balaban J connectivity index is 2.45. The van der Waals surface area contributed by atoms with Crippen LogP contribution in [0.25, 0.3) is 0 Å². The summed E-state index contributed by atoms with van der Waals surface area (Å²) in [5.74, 6) is 0. The molecule has 2 heteroatoms.